The molecule has 0 saturated carbocycles. The van der Waals surface area contributed by atoms with Crippen molar-refractivity contribution in [3.05, 3.63) is 69.5 Å². The van der Waals surface area contributed by atoms with Crippen molar-refractivity contribution < 1.29 is 0 Å². The molecule has 1 unspecified atom stereocenters. The third-order valence-corrected chi connectivity index (χ3v) is 4.60. The Morgan fingerprint density at radius 3 is 2.74 bits per heavy atom. The van der Waals surface area contributed by atoms with Gasteiger partial charge in [0.1, 0.15) is 10.9 Å². The molecule has 1 atom stereocenters. The van der Waals surface area contributed by atoms with E-state index in [1.807, 2.05) is 60.0 Å². The van der Waals surface area contributed by atoms with Crippen LogP contribution in [-0.4, -0.2) is 11.2 Å². The Bertz CT molecular complexity index is 865. The van der Waals surface area contributed by atoms with E-state index in [0.717, 1.165) is 26.4 Å². The van der Waals surface area contributed by atoms with Crippen LogP contribution >= 0.6 is 27.3 Å². The fraction of sp³-hybridized carbons (Fsp3) is 0.0556. The third kappa shape index (κ3) is 3.92. The van der Waals surface area contributed by atoms with Gasteiger partial charge in [0.2, 0.25) is 0 Å². The number of rotatable bonds is 4. The number of aromatic nitrogens is 1. The minimum absolute atomic E-state index is 0.443. The first-order valence-corrected chi connectivity index (χ1v) is 8.64. The molecule has 3 nitrogen and oxygen atoms in total. The zero-order valence-electron chi connectivity index (χ0n) is 12.1. The van der Waals surface area contributed by atoms with E-state index >= 15 is 0 Å². The Kier molecular flexibility index (Phi) is 4.96. The van der Waals surface area contributed by atoms with Crippen LogP contribution in [0.15, 0.2) is 69.4 Å². The monoisotopic (exact) mass is 381 g/mol. The van der Waals surface area contributed by atoms with Crippen LogP contribution in [0.3, 0.4) is 0 Å². The van der Waals surface area contributed by atoms with Crippen molar-refractivity contribution in [1.29, 1.82) is 5.26 Å². The van der Waals surface area contributed by atoms with Gasteiger partial charge < -0.3 is 0 Å². The number of thiazole rings is 1. The molecule has 0 spiro atoms. The average molecular weight is 382 g/mol. The first kappa shape index (κ1) is 15.6. The molecule has 0 aliphatic heterocycles. The predicted octanol–water partition coefficient (Wildman–Crippen LogP) is 5.58. The van der Waals surface area contributed by atoms with E-state index in [1.165, 1.54) is 11.3 Å². The molecule has 3 rings (SSSR count). The van der Waals surface area contributed by atoms with Crippen molar-refractivity contribution in [3.8, 4) is 17.3 Å². The highest BCUT2D eigenvalue weighted by Gasteiger charge is 2.13. The molecule has 0 aliphatic rings. The van der Waals surface area contributed by atoms with Crippen LogP contribution < -0.4 is 0 Å². The number of benzene rings is 2. The number of hydrogen-bond acceptors (Lipinski definition) is 4. The van der Waals surface area contributed by atoms with E-state index in [-0.39, 0.29) is 0 Å². The molecule has 2 aromatic carbocycles. The summed E-state index contributed by atoms with van der Waals surface area (Å²) in [6.45, 7) is 0. The highest BCUT2D eigenvalue weighted by molar-refractivity contribution is 9.10. The molecule has 112 valence electrons. The van der Waals surface area contributed by atoms with Crippen molar-refractivity contribution in [2.45, 2.75) is 5.92 Å². The largest absolute Gasteiger partial charge is 0.259 e. The molecule has 1 heterocycles. The smallest absolute Gasteiger partial charge is 0.133 e. The molecule has 0 radical (unpaired) electrons. The maximum absolute atomic E-state index is 9.40. The lowest BCUT2D eigenvalue weighted by atomic mass is 10.1. The quantitative estimate of drug-likeness (QED) is 0.553. The minimum Gasteiger partial charge on any atom is -0.259 e. The summed E-state index contributed by atoms with van der Waals surface area (Å²) < 4.78 is 1.01. The van der Waals surface area contributed by atoms with Gasteiger partial charge in [-0.05, 0) is 24.3 Å². The molecule has 23 heavy (non-hydrogen) atoms. The van der Waals surface area contributed by atoms with E-state index in [0.29, 0.717) is 0 Å². The molecule has 0 bridgehead atoms. The number of hydrogen-bond donors (Lipinski definition) is 0. The summed E-state index contributed by atoms with van der Waals surface area (Å²) in [5.74, 6) is -0.443. The lowest BCUT2D eigenvalue weighted by Crippen LogP contribution is -1.96. The normalized spacial score (nSPS) is 12.2. The second-order valence-electron chi connectivity index (χ2n) is 4.80. The number of nitrogens with zero attached hydrogens (tertiary/aromatic N) is 3. The predicted molar refractivity (Wildman–Crippen MR) is 98.2 cm³/mol. The van der Waals surface area contributed by atoms with Crippen molar-refractivity contribution in [2.75, 3.05) is 0 Å². The fourth-order valence-electron chi connectivity index (χ4n) is 2.04. The van der Waals surface area contributed by atoms with Crippen LogP contribution in [0, 0.1) is 11.3 Å². The number of para-hydroxylation sites is 1. The first-order chi connectivity index (χ1) is 11.3. The summed E-state index contributed by atoms with van der Waals surface area (Å²) in [4.78, 5) is 8.95. The van der Waals surface area contributed by atoms with Gasteiger partial charge >= 0.3 is 0 Å². The average Bonchev–Trinajstić information content (AvgIpc) is 3.06. The molecule has 0 saturated heterocycles. The topological polar surface area (TPSA) is 49.0 Å². The van der Waals surface area contributed by atoms with E-state index in [4.69, 9.17) is 0 Å². The minimum atomic E-state index is -0.443. The molecule has 3 aromatic rings. The molecule has 0 amide bonds. The van der Waals surface area contributed by atoms with Crippen LogP contribution in [-0.2, 0) is 0 Å². The maximum Gasteiger partial charge on any atom is 0.133 e. The van der Waals surface area contributed by atoms with E-state index in [9.17, 15) is 5.26 Å². The second kappa shape index (κ2) is 7.32. The Morgan fingerprint density at radius 1 is 1.17 bits per heavy atom. The fourth-order valence-corrected chi connectivity index (χ4v) is 3.27. The molecular formula is C18H12BrN3S. The summed E-state index contributed by atoms with van der Waals surface area (Å²) >= 11 is 4.94. The number of halogens is 1. The lowest BCUT2D eigenvalue weighted by molar-refractivity contribution is 1.12. The second-order valence-corrected chi connectivity index (χ2v) is 6.61. The highest BCUT2D eigenvalue weighted by atomic mass is 79.9. The van der Waals surface area contributed by atoms with Crippen molar-refractivity contribution in [3.63, 3.8) is 0 Å². The summed E-state index contributed by atoms with van der Waals surface area (Å²) in [6, 6.07) is 19.8. The molecule has 1 aromatic heterocycles. The molecule has 0 N–H and O–H groups in total. The van der Waals surface area contributed by atoms with Crippen LogP contribution in [0.5, 0.6) is 0 Å². The van der Waals surface area contributed by atoms with Crippen molar-refractivity contribution in [2.24, 2.45) is 4.99 Å². The first-order valence-electron chi connectivity index (χ1n) is 6.96. The van der Waals surface area contributed by atoms with Crippen LogP contribution in [0.4, 0.5) is 5.69 Å². The van der Waals surface area contributed by atoms with Gasteiger partial charge in [-0.15, -0.1) is 11.3 Å². The maximum atomic E-state index is 9.40. The Morgan fingerprint density at radius 2 is 2.00 bits per heavy atom. The van der Waals surface area contributed by atoms with Crippen LogP contribution in [0.25, 0.3) is 11.3 Å². The standard InChI is InChI=1S/C18H12BrN3S/c19-15-6-4-5-13(9-15)17-12-23-18(22-17)14(10-20)11-21-16-7-2-1-3-8-16/h1-9,11-12,14H. The molecule has 0 aliphatic carbocycles. The number of aliphatic imine (C=N–C) groups is 1. The van der Waals surface area contributed by atoms with Gasteiger partial charge in [-0.25, -0.2) is 4.98 Å². The van der Waals surface area contributed by atoms with Crippen LogP contribution in [0.1, 0.15) is 10.9 Å². The summed E-state index contributed by atoms with van der Waals surface area (Å²) in [6.07, 6.45) is 1.65. The highest BCUT2D eigenvalue weighted by Crippen LogP contribution is 2.27. The SMILES string of the molecule is N#CC(C=Nc1ccccc1)c1nc(-c2cccc(Br)c2)cs1. The van der Waals surface area contributed by atoms with Gasteiger partial charge in [-0.3, -0.25) is 4.99 Å². The van der Waals surface area contributed by atoms with Crippen molar-refractivity contribution >= 4 is 39.2 Å². The zero-order valence-corrected chi connectivity index (χ0v) is 14.5. The van der Waals surface area contributed by atoms with Gasteiger partial charge in [-0.1, -0.05) is 46.3 Å². The Hall–Kier alpha value is -2.29. The number of nitriles is 1. The molecule has 0 fully saturated rings. The van der Waals surface area contributed by atoms with Crippen molar-refractivity contribution in [1.82, 2.24) is 4.98 Å². The third-order valence-electron chi connectivity index (χ3n) is 3.18. The summed E-state index contributed by atoms with van der Waals surface area (Å²) in [5, 5.41) is 12.1. The van der Waals surface area contributed by atoms with E-state index in [1.54, 1.807) is 6.21 Å². The Labute approximate surface area is 147 Å². The van der Waals surface area contributed by atoms with Gasteiger partial charge in [0.25, 0.3) is 0 Å². The van der Waals surface area contributed by atoms with Gasteiger partial charge in [0.15, 0.2) is 0 Å². The molecular weight excluding hydrogens is 370 g/mol. The molecule has 5 heteroatoms. The summed E-state index contributed by atoms with van der Waals surface area (Å²) in [7, 11) is 0. The van der Waals surface area contributed by atoms with Gasteiger partial charge in [0, 0.05) is 21.6 Å². The zero-order chi connectivity index (χ0) is 16.1. The van der Waals surface area contributed by atoms with E-state index < -0.39 is 5.92 Å². The van der Waals surface area contributed by atoms with Gasteiger partial charge in [-0.2, -0.15) is 5.26 Å². The Balaban J connectivity index is 1.83. The lowest BCUT2D eigenvalue weighted by Gasteiger charge is -1.99. The summed E-state index contributed by atoms with van der Waals surface area (Å²) in [5.41, 5.74) is 2.73. The van der Waals surface area contributed by atoms with Crippen LogP contribution in [0.2, 0.25) is 0 Å². The van der Waals surface area contributed by atoms with Gasteiger partial charge in [0.05, 0.1) is 17.5 Å². The van der Waals surface area contributed by atoms with E-state index in [2.05, 4.69) is 32.0 Å².